The number of nitrogens with zero attached hydrogens (tertiary/aromatic N) is 1. The van der Waals surface area contributed by atoms with Crippen LogP contribution in [0.25, 0.3) is 0 Å². The molecular formula is C16H19NO3. The van der Waals surface area contributed by atoms with Crippen molar-refractivity contribution in [2.75, 3.05) is 13.2 Å². The van der Waals surface area contributed by atoms with E-state index in [1.165, 1.54) is 0 Å². The molecule has 3 rings (SSSR count). The number of hydrogen-bond acceptors (Lipinski definition) is 3. The van der Waals surface area contributed by atoms with Crippen LogP contribution in [0.1, 0.15) is 24.9 Å². The van der Waals surface area contributed by atoms with Crippen molar-refractivity contribution < 1.29 is 14.3 Å². The van der Waals surface area contributed by atoms with Gasteiger partial charge in [-0.2, -0.15) is 0 Å². The summed E-state index contributed by atoms with van der Waals surface area (Å²) in [5.74, 6) is 0. The summed E-state index contributed by atoms with van der Waals surface area (Å²) < 4.78 is 11.0. The summed E-state index contributed by atoms with van der Waals surface area (Å²) >= 11 is 0. The van der Waals surface area contributed by atoms with E-state index in [0.29, 0.717) is 13.2 Å². The standard InChI is InChI=1S/C16H19NO3/c1-12(13-7-3-2-4-8-13)17-14(11-20-16(17)18)15-9-5-6-10-19-15/h2-8,12,14-15H,9-11H2,1H3/t12-,14-,15+/m1/s1. The van der Waals surface area contributed by atoms with Crippen molar-refractivity contribution in [1.82, 2.24) is 4.90 Å². The van der Waals surface area contributed by atoms with Crippen LogP contribution in [0, 0.1) is 0 Å². The zero-order chi connectivity index (χ0) is 13.9. The largest absolute Gasteiger partial charge is 0.447 e. The van der Waals surface area contributed by atoms with Gasteiger partial charge in [-0.3, -0.25) is 4.90 Å². The summed E-state index contributed by atoms with van der Waals surface area (Å²) in [6.07, 6.45) is 4.74. The number of ether oxygens (including phenoxy) is 2. The number of benzene rings is 1. The summed E-state index contributed by atoms with van der Waals surface area (Å²) in [7, 11) is 0. The molecule has 4 nitrogen and oxygen atoms in total. The Balaban J connectivity index is 1.81. The molecule has 2 aliphatic heterocycles. The number of amides is 1. The van der Waals surface area contributed by atoms with Crippen LogP contribution in [-0.4, -0.2) is 36.4 Å². The molecule has 2 heterocycles. The maximum Gasteiger partial charge on any atom is 0.410 e. The summed E-state index contributed by atoms with van der Waals surface area (Å²) in [4.78, 5) is 13.9. The van der Waals surface area contributed by atoms with Gasteiger partial charge in [-0.05, 0) is 18.9 Å². The molecular weight excluding hydrogens is 254 g/mol. The van der Waals surface area contributed by atoms with E-state index < -0.39 is 0 Å². The molecule has 0 N–H and O–H groups in total. The van der Waals surface area contributed by atoms with E-state index in [0.717, 1.165) is 12.0 Å². The van der Waals surface area contributed by atoms with Gasteiger partial charge in [-0.15, -0.1) is 0 Å². The Morgan fingerprint density at radius 2 is 2.05 bits per heavy atom. The first-order chi connectivity index (χ1) is 9.77. The maximum absolute atomic E-state index is 12.1. The molecule has 0 saturated carbocycles. The van der Waals surface area contributed by atoms with E-state index in [1.807, 2.05) is 48.2 Å². The number of carbonyl (C=O) groups is 1. The molecule has 1 fully saturated rings. The zero-order valence-corrected chi connectivity index (χ0v) is 11.6. The molecule has 3 atom stereocenters. The topological polar surface area (TPSA) is 38.8 Å². The highest BCUT2D eigenvalue weighted by molar-refractivity contribution is 5.71. The number of hydrogen-bond donors (Lipinski definition) is 0. The van der Waals surface area contributed by atoms with Gasteiger partial charge < -0.3 is 9.47 Å². The van der Waals surface area contributed by atoms with E-state index >= 15 is 0 Å². The van der Waals surface area contributed by atoms with Crippen LogP contribution in [0.4, 0.5) is 4.79 Å². The van der Waals surface area contributed by atoms with Crippen molar-refractivity contribution >= 4 is 6.09 Å². The van der Waals surface area contributed by atoms with Crippen molar-refractivity contribution in [2.45, 2.75) is 31.5 Å². The van der Waals surface area contributed by atoms with E-state index in [-0.39, 0.29) is 24.3 Å². The lowest BCUT2D eigenvalue weighted by Crippen LogP contribution is -2.45. The van der Waals surface area contributed by atoms with E-state index in [9.17, 15) is 4.79 Å². The third-order valence-electron chi connectivity index (χ3n) is 4.02. The monoisotopic (exact) mass is 273 g/mol. The predicted octanol–water partition coefficient (Wildman–Crippen LogP) is 2.91. The van der Waals surface area contributed by atoms with Crippen LogP contribution in [0.3, 0.4) is 0 Å². The van der Waals surface area contributed by atoms with Gasteiger partial charge in [-0.25, -0.2) is 4.79 Å². The normalized spacial score (nSPS) is 27.4. The first kappa shape index (κ1) is 13.2. The van der Waals surface area contributed by atoms with Gasteiger partial charge in [-0.1, -0.05) is 42.5 Å². The second-order valence-electron chi connectivity index (χ2n) is 5.22. The summed E-state index contributed by atoms with van der Waals surface area (Å²) in [6, 6.07) is 10.0. The molecule has 1 aromatic rings. The van der Waals surface area contributed by atoms with Crippen molar-refractivity contribution in [3.63, 3.8) is 0 Å². The quantitative estimate of drug-likeness (QED) is 0.795. The van der Waals surface area contributed by atoms with Gasteiger partial charge in [0.05, 0.1) is 24.8 Å². The Morgan fingerprint density at radius 3 is 2.75 bits per heavy atom. The van der Waals surface area contributed by atoms with Crippen molar-refractivity contribution in [3.8, 4) is 0 Å². The van der Waals surface area contributed by atoms with Crippen LogP contribution in [0.5, 0.6) is 0 Å². The molecule has 1 saturated heterocycles. The SMILES string of the molecule is C[C@H](c1ccccc1)N1C(=O)OC[C@@H]1[C@@H]1CC=CCO1. The highest BCUT2D eigenvalue weighted by Crippen LogP contribution is 2.30. The highest BCUT2D eigenvalue weighted by atomic mass is 16.6. The molecule has 2 aliphatic rings. The minimum absolute atomic E-state index is 0.00861. The Morgan fingerprint density at radius 1 is 1.25 bits per heavy atom. The molecule has 4 heteroatoms. The number of cyclic esters (lactones) is 1. The number of rotatable bonds is 3. The Hall–Kier alpha value is -1.81. The Bertz CT molecular complexity index is 500. The number of carbonyl (C=O) groups excluding carboxylic acids is 1. The molecule has 0 radical (unpaired) electrons. The van der Waals surface area contributed by atoms with Gasteiger partial charge in [0.25, 0.3) is 0 Å². The maximum atomic E-state index is 12.1. The third-order valence-corrected chi connectivity index (χ3v) is 4.02. The second-order valence-corrected chi connectivity index (χ2v) is 5.22. The van der Waals surface area contributed by atoms with Gasteiger partial charge in [0.2, 0.25) is 0 Å². The fourth-order valence-corrected chi connectivity index (χ4v) is 2.88. The highest BCUT2D eigenvalue weighted by Gasteiger charge is 2.41. The lowest BCUT2D eigenvalue weighted by atomic mass is 10.0. The van der Waals surface area contributed by atoms with E-state index in [2.05, 4.69) is 6.08 Å². The predicted molar refractivity (Wildman–Crippen MR) is 75.3 cm³/mol. The molecule has 20 heavy (non-hydrogen) atoms. The molecule has 1 amide bonds. The molecule has 0 unspecified atom stereocenters. The van der Waals surface area contributed by atoms with Crippen LogP contribution < -0.4 is 0 Å². The van der Waals surface area contributed by atoms with E-state index in [1.54, 1.807) is 0 Å². The summed E-state index contributed by atoms with van der Waals surface area (Å²) in [6.45, 7) is 3.06. The van der Waals surface area contributed by atoms with Gasteiger partial charge in [0, 0.05) is 0 Å². The van der Waals surface area contributed by atoms with Crippen LogP contribution >= 0.6 is 0 Å². The third kappa shape index (κ3) is 2.43. The zero-order valence-electron chi connectivity index (χ0n) is 11.6. The van der Waals surface area contributed by atoms with Crippen LogP contribution in [0.2, 0.25) is 0 Å². The molecule has 0 aromatic heterocycles. The Labute approximate surface area is 119 Å². The smallest absolute Gasteiger partial charge is 0.410 e. The van der Waals surface area contributed by atoms with Crippen LogP contribution in [0.15, 0.2) is 42.5 Å². The first-order valence-corrected chi connectivity index (χ1v) is 7.04. The fraction of sp³-hybridized carbons (Fsp3) is 0.438. The molecule has 0 spiro atoms. The Kier molecular flexibility index (Phi) is 3.74. The fourth-order valence-electron chi connectivity index (χ4n) is 2.88. The van der Waals surface area contributed by atoms with Crippen molar-refractivity contribution in [1.29, 1.82) is 0 Å². The van der Waals surface area contributed by atoms with Gasteiger partial charge in [0.1, 0.15) is 6.61 Å². The second kappa shape index (κ2) is 5.67. The first-order valence-electron chi connectivity index (χ1n) is 7.04. The van der Waals surface area contributed by atoms with Crippen molar-refractivity contribution in [2.24, 2.45) is 0 Å². The molecule has 1 aromatic carbocycles. The lowest BCUT2D eigenvalue weighted by Gasteiger charge is -2.33. The van der Waals surface area contributed by atoms with Gasteiger partial charge in [0.15, 0.2) is 0 Å². The minimum atomic E-state index is -0.246. The molecule has 0 bridgehead atoms. The molecule has 0 aliphatic carbocycles. The average Bonchev–Trinajstić information content (AvgIpc) is 2.90. The summed E-state index contributed by atoms with van der Waals surface area (Å²) in [5.41, 5.74) is 1.11. The van der Waals surface area contributed by atoms with Gasteiger partial charge >= 0.3 is 6.09 Å². The van der Waals surface area contributed by atoms with Crippen LogP contribution in [-0.2, 0) is 9.47 Å². The molecule has 106 valence electrons. The average molecular weight is 273 g/mol. The van der Waals surface area contributed by atoms with Crippen molar-refractivity contribution in [3.05, 3.63) is 48.0 Å². The minimum Gasteiger partial charge on any atom is -0.447 e. The lowest BCUT2D eigenvalue weighted by molar-refractivity contribution is 0.00843. The van der Waals surface area contributed by atoms with E-state index in [4.69, 9.17) is 9.47 Å². The summed E-state index contributed by atoms with van der Waals surface area (Å²) in [5, 5.41) is 0.